The van der Waals surface area contributed by atoms with Gasteiger partial charge in [0.15, 0.2) is 5.82 Å². The highest BCUT2D eigenvalue weighted by molar-refractivity contribution is 5.99. The molecule has 0 spiro atoms. The van der Waals surface area contributed by atoms with E-state index < -0.39 is 0 Å². The summed E-state index contributed by atoms with van der Waals surface area (Å²) in [6, 6.07) is 9.70. The minimum Gasteiger partial charge on any atom is -0.368 e. The quantitative estimate of drug-likeness (QED) is 0.524. The zero-order chi connectivity index (χ0) is 19.8. The number of aromatic nitrogens is 6. The van der Waals surface area contributed by atoms with E-state index in [1.54, 1.807) is 29.3 Å². The molecule has 0 aliphatic heterocycles. The smallest absolute Gasteiger partial charge is 0.247 e. The normalized spacial score (nSPS) is 13.7. The third-order valence-corrected chi connectivity index (χ3v) is 4.95. The molecule has 146 valence electrons. The Morgan fingerprint density at radius 3 is 2.93 bits per heavy atom. The summed E-state index contributed by atoms with van der Waals surface area (Å²) in [5.74, 6) is 1.28. The summed E-state index contributed by atoms with van der Waals surface area (Å²) in [5, 5.41) is 12.8. The molecule has 9 heteroatoms. The number of nitrogen functional groups attached to an aromatic ring is 1. The van der Waals surface area contributed by atoms with Crippen LogP contribution in [0.2, 0.25) is 0 Å². The summed E-state index contributed by atoms with van der Waals surface area (Å²) in [5.41, 5.74) is 8.10. The number of hydrogen-bond acceptors (Lipinski definition) is 6. The van der Waals surface area contributed by atoms with Gasteiger partial charge in [-0.3, -0.25) is 14.2 Å². The van der Waals surface area contributed by atoms with Gasteiger partial charge in [0.05, 0.1) is 17.4 Å². The number of nitrogens with zero attached hydrogens (tertiary/aromatic N) is 6. The molecule has 1 saturated carbocycles. The van der Waals surface area contributed by atoms with Crippen molar-refractivity contribution in [1.82, 2.24) is 29.5 Å². The second-order valence-electron chi connectivity index (χ2n) is 7.27. The molecule has 3 aromatic heterocycles. The number of rotatable bonds is 6. The van der Waals surface area contributed by atoms with Gasteiger partial charge in [-0.1, -0.05) is 12.1 Å². The van der Waals surface area contributed by atoms with Gasteiger partial charge in [0.25, 0.3) is 0 Å². The van der Waals surface area contributed by atoms with E-state index >= 15 is 0 Å². The fourth-order valence-corrected chi connectivity index (χ4v) is 3.34. The standard InChI is InChI=1S/C20H20N8O/c21-20-22-8-7-16(24-20)14-9-23-27(11-14)12-18(29)25-19-15-3-1-2-4-17(15)28(26-19)10-13-5-6-13/h1-4,7-9,11,13H,5-6,10,12H2,(H2,21,22,24)(H,25,26,29). The van der Waals surface area contributed by atoms with Crippen LogP contribution in [0.1, 0.15) is 12.8 Å². The first-order chi connectivity index (χ1) is 14.2. The molecular formula is C20H20N8O. The Labute approximate surface area is 166 Å². The maximum Gasteiger partial charge on any atom is 0.247 e. The van der Waals surface area contributed by atoms with Crippen LogP contribution in [0.4, 0.5) is 11.8 Å². The lowest BCUT2D eigenvalue weighted by Crippen LogP contribution is -2.19. The van der Waals surface area contributed by atoms with E-state index in [4.69, 9.17) is 5.73 Å². The van der Waals surface area contributed by atoms with E-state index in [9.17, 15) is 4.79 Å². The minimum absolute atomic E-state index is 0.0738. The number of carbonyl (C=O) groups excluding carboxylic acids is 1. The van der Waals surface area contributed by atoms with E-state index in [-0.39, 0.29) is 18.4 Å². The van der Waals surface area contributed by atoms with E-state index in [1.165, 1.54) is 12.8 Å². The number of anilines is 2. The average molecular weight is 388 g/mol. The first-order valence-electron chi connectivity index (χ1n) is 9.52. The summed E-state index contributed by atoms with van der Waals surface area (Å²) in [6.07, 6.45) is 7.48. The fraction of sp³-hybridized carbons (Fsp3) is 0.250. The number of hydrogen-bond donors (Lipinski definition) is 2. The second kappa shape index (κ2) is 7.01. The Bertz CT molecular complexity index is 1190. The molecule has 1 amide bonds. The van der Waals surface area contributed by atoms with E-state index in [0.717, 1.165) is 23.0 Å². The summed E-state index contributed by atoms with van der Waals surface area (Å²) in [6.45, 7) is 0.964. The monoisotopic (exact) mass is 388 g/mol. The highest BCUT2D eigenvalue weighted by Crippen LogP contribution is 2.32. The molecule has 4 aromatic rings. The number of nitrogens with two attached hydrogens (primary N) is 1. The van der Waals surface area contributed by atoms with E-state index in [2.05, 4.69) is 25.5 Å². The van der Waals surface area contributed by atoms with Crippen molar-refractivity contribution in [3.63, 3.8) is 0 Å². The van der Waals surface area contributed by atoms with Crippen molar-refractivity contribution in [2.75, 3.05) is 11.1 Å². The maximum absolute atomic E-state index is 12.6. The summed E-state index contributed by atoms with van der Waals surface area (Å²) in [4.78, 5) is 20.7. The molecule has 0 radical (unpaired) electrons. The predicted octanol–water partition coefficient (Wildman–Crippen LogP) is 2.32. The lowest BCUT2D eigenvalue weighted by molar-refractivity contribution is -0.116. The van der Waals surface area contributed by atoms with Gasteiger partial charge in [-0.25, -0.2) is 9.97 Å². The highest BCUT2D eigenvalue weighted by atomic mass is 16.2. The average Bonchev–Trinajstić information content (AvgIpc) is 3.30. The Hall–Kier alpha value is -3.75. The van der Waals surface area contributed by atoms with Gasteiger partial charge < -0.3 is 11.1 Å². The fourth-order valence-electron chi connectivity index (χ4n) is 3.34. The third kappa shape index (κ3) is 3.66. The zero-order valence-electron chi connectivity index (χ0n) is 15.7. The maximum atomic E-state index is 12.6. The van der Waals surface area contributed by atoms with Crippen molar-refractivity contribution in [3.8, 4) is 11.3 Å². The van der Waals surface area contributed by atoms with E-state index in [1.807, 2.05) is 28.9 Å². The predicted molar refractivity (Wildman–Crippen MR) is 109 cm³/mol. The molecule has 0 saturated heterocycles. The van der Waals surface area contributed by atoms with Crippen molar-refractivity contribution in [3.05, 3.63) is 48.9 Å². The lowest BCUT2D eigenvalue weighted by atomic mass is 10.2. The first kappa shape index (κ1) is 17.4. The van der Waals surface area contributed by atoms with Crippen LogP contribution >= 0.6 is 0 Å². The van der Waals surface area contributed by atoms with Crippen LogP contribution in [0.5, 0.6) is 0 Å². The molecule has 0 unspecified atom stereocenters. The molecule has 0 bridgehead atoms. The Balaban J connectivity index is 1.32. The molecule has 1 aliphatic rings. The van der Waals surface area contributed by atoms with Crippen LogP contribution in [-0.2, 0) is 17.9 Å². The van der Waals surface area contributed by atoms with Gasteiger partial charge in [0, 0.05) is 29.9 Å². The Morgan fingerprint density at radius 1 is 1.24 bits per heavy atom. The topological polar surface area (TPSA) is 117 Å². The molecule has 0 atom stereocenters. The molecule has 5 rings (SSSR count). The second-order valence-corrected chi connectivity index (χ2v) is 7.27. The van der Waals surface area contributed by atoms with Gasteiger partial charge >= 0.3 is 0 Å². The summed E-state index contributed by atoms with van der Waals surface area (Å²) < 4.78 is 3.56. The molecule has 1 fully saturated rings. The van der Waals surface area contributed by atoms with Crippen LogP contribution in [0.25, 0.3) is 22.2 Å². The number of fused-ring (bicyclic) bond motifs is 1. The molecule has 9 nitrogen and oxygen atoms in total. The van der Waals surface area contributed by atoms with Gasteiger partial charge in [0.2, 0.25) is 11.9 Å². The highest BCUT2D eigenvalue weighted by Gasteiger charge is 2.24. The van der Waals surface area contributed by atoms with Crippen LogP contribution in [0.15, 0.2) is 48.9 Å². The van der Waals surface area contributed by atoms with Crippen molar-refractivity contribution in [1.29, 1.82) is 0 Å². The zero-order valence-corrected chi connectivity index (χ0v) is 15.7. The molecule has 3 N–H and O–H groups in total. The van der Waals surface area contributed by atoms with Crippen LogP contribution < -0.4 is 11.1 Å². The van der Waals surface area contributed by atoms with Gasteiger partial charge in [-0.05, 0) is 37.0 Å². The molecular weight excluding hydrogens is 368 g/mol. The third-order valence-electron chi connectivity index (χ3n) is 4.95. The largest absolute Gasteiger partial charge is 0.368 e. The minimum atomic E-state index is -0.191. The van der Waals surface area contributed by atoms with Crippen molar-refractivity contribution in [2.24, 2.45) is 5.92 Å². The van der Waals surface area contributed by atoms with Gasteiger partial charge in [-0.2, -0.15) is 10.2 Å². The summed E-state index contributed by atoms with van der Waals surface area (Å²) in [7, 11) is 0. The molecule has 1 aliphatic carbocycles. The number of amides is 1. The van der Waals surface area contributed by atoms with Gasteiger partial charge in [0.1, 0.15) is 6.54 Å². The lowest BCUT2D eigenvalue weighted by Gasteiger charge is -2.03. The van der Waals surface area contributed by atoms with Crippen LogP contribution in [0.3, 0.4) is 0 Å². The van der Waals surface area contributed by atoms with Crippen LogP contribution in [-0.4, -0.2) is 35.4 Å². The van der Waals surface area contributed by atoms with Crippen molar-refractivity contribution < 1.29 is 4.79 Å². The first-order valence-corrected chi connectivity index (χ1v) is 9.52. The van der Waals surface area contributed by atoms with Crippen LogP contribution in [0, 0.1) is 5.92 Å². The SMILES string of the molecule is Nc1nccc(-c2cnn(CC(=O)Nc3nn(CC4CC4)c4ccccc34)c2)n1. The number of para-hydroxylation sites is 1. The number of carbonyl (C=O) groups is 1. The number of nitrogens with one attached hydrogen (secondary N) is 1. The Kier molecular flexibility index (Phi) is 4.19. The number of benzene rings is 1. The van der Waals surface area contributed by atoms with Crippen molar-refractivity contribution >= 4 is 28.6 Å². The summed E-state index contributed by atoms with van der Waals surface area (Å²) >= 11 is 0. The van der Waals surface area contributed by atoms with Crippen molar-refractivity contribution in [2.45, 2.75) is 25.9 Å². The van der Waals surface area contributed by atoms with E-state index in [0.29, 0.717) is 17.4 Å². The van der Waals surface area contributed by atoms with Gasteiger partial charge in [-0.15, -0.1) is 0 Å². The molecule has 3 heterocycles. The Morgan fingerprint density at radius 2 is 2.10 bits per heavy atom. The molecule has 29 heavy (non-hydrogen) atoms. The molecule has 1 aromatic carbocycles.